The second kappa shape index (κ2) is 7.35. The van der Waals surface area contributed by atoms with Crippen molar-refractivity contribution in [2.45, 2.75) is 20.5 Å². The molecule has 0 aliphatic rings. The molecule has 2 aromatic carbocycles. The van der Waals surface area contributed by atoms with Crippen LogP contribution in [0.2, 0.25) is 0 Å². The highest BCUT2D eigenvalue weighted by Crippen LogP contribution is 2.23. The van der Waals surface area contributed by atoms with Crippen LogP contribution >= 0.6 is 0 Å². The van der Waals surface area contributed by atoms with Gasteiger partial charge in [-0.1, -0.05) is 12.1 Å². The van der Waals surface area contributed by atoms with E-state index in [4.69, 9.17) is 0 Å². The van der Waals surface area contributed by atoms with Crippen LogP contribution < -0.4 is 10.1 Å². The predicted molar refractivity (Wildman–Crippen MR) is 94.5 cm³/mol. The smallest absolute Gasteiger partial charge is 0.387 e. The number of rotatable bonds is 5. The zero-order valence-electron chi connectivity index (χ0n) is 14.2. The van der Waals surface area contributed by atoms with E-state index in [2.05, 4.69) is 20.3 Å². The topological polar surface area (TPSA) is 67.0 Å². The van der Waals surface area contributed by atoms with Gasteiger partial charge in [0.2, 0.25) is 0 Å². The molecular formula is C19H17F2N3O2. The standard InChI is InChI=1S/C19H17F2N3O2/c1-11-4-3-5-15(12(11)2)22-18(25)17-10-16(23-24-17)13-6-8-14(9-7-13)26-19(20)21/h3-10,19H,1-2H3,(H,22,25)(H,23,24). The third kappa shape index (κ3) is 3.88. The molecule has 7 heteroatoms. The van der Waals surface area contributed by atoms with Gasteiger partial charge in [0.1, 0.15) is 11.4 Å². The zero-order valence-corrected chi connectivity index (χ0v) is 14.2. The average Bonchev–Trinajstić information content (AvgIpc) is 3.09. The molecule has 5 nitrogen and oxygen atoms in total. The molecule has 1 aromatic heterocycles. The fraction of sp³-hybridized carbons (Fsp3) is 0.158. The number of carbonyl (C=O) groups is 1. The van der Waals surface area contributed by atoms with Crippen molar-refractivity contribution in [3.05, 3.63) is 65.4 Å². The number of benzene rings is 2. The van der Waals surface area contributed by atoms with Crippen LogP contribution in [0.4, 0.5) is 14.5 Å². The highest BCUT2D eigenvalue weighted by molar-refractivity contribution is 6.03. The molecule has 0 radical (unpaired) electrons. The summed E-state index contributed by atoms with van der Waals surface area (Å²) in [4.78, 5) is 12.4. The first-order valence-corrected chi connectivity index (χ1v) is 7.92. The lowest BCUT2D eigenvalue weighted by molar-refractivity contribution is -0.0498. The average molecular weight is 357 g/mol. The normalized spacial score (nSPS) is 10.8. The van der Waals surface area contributed by atoms with Gasteiger partial charge in [0.25, 0.3) is 5.91 Å². The molecule has 1 amide bonds. The van der Waals surface area contributed by atoms with Gasteiger partial charge < -0.3 is 10.1 Å². The number of nitrogens with zero attached hydrogens (tertiary/aromatic N) is 1. The van der Waals surface area contributed by atoms with E-state index in [9.17, 15) is 13.6 Å². The van der Waals surface area contributed by atoms with Gasteiger partial charge in [-0.25, -0.2) is 0 Å². The molecule has 3 aromatic rings. The molecule has 0 fully saturated rings. The molecule has 1 heterocycles. The highest BCUT2D eigenvalue weighted by atomic mass is 19.3. The molecule has 2 N–H and O–H groups in total. The number of H-pyrrole nitrogens is 1. The molecule has 3 rings (SSSR count). The number of ether oxygens (including phenoxy) is 1. The molecule has 0 saturated carbocycles. The maximum atomic E-state index is 12.4. The van der Waals surface area contributed by atoms with Crippen LogP contribution in [-0.2, 0) is 0 Å². The van der Waals surface area contributed by atoms with Crippen molar-refractivity contribution in [2.75, 3.05) is 5.32 Å². The van der Waals surface area contributed by atoms with Crippen LogP contribution in [0.15, 0.2) is 48.5 Å². The van der Waals surface area contributed by atoms with Crippen LogP contribution in [0.1, 0.15) is 21.6 Å². The van der Waals surface area contributed by atoms with Crippen molar-refractivity contribution in [1.82, 2.24) is 10.2 Å². The van der Waals surface area contributed by atoms with Crippen LogP contribution in [0.25, 0.3) is 11.3 Å². The number of amides is 1. The van der Waals surface area contributed by atoms with E-state index < -0.39 is 6.61 Å². The lowest BCUT2D eigenvalue weighted by Crippen LogP contribution is -2.13. The van der Waals surface area contributed by atoms with Crippen molar-refractivity contribution in [3.63, 3.8) is 0 Å². The van der Waals surface area contributed by atoms with Crippen molar-refractivity contribution in [2.24, 2.45) is 0 Å². The number of alkyl halides is 2. The lowest BCUT2D eigenvalue weighted by atomic mass is 10.1. The number of aromatic nitrogens is 2. The summed E-state index contributed by atoms with van der Waals surface area (Å²) in [5, 5.41) is 9.65. The first kappa shape index (κ1) is 17.6. The van der Waals surface area contributed by atoms with Crippen molar-refractivity contribution >= 4 is 11.6 Å². The molecule has 0 unspecified atom stereocenters. The Morgan fingerprint density at radius 2 is 1.88 bits per heavy atom. The molecule has 0 aliphatic carbocycles. The Hall–Kier alpha value is -3.22. The summed E-state index contributed by atoms with van der Waals surface area (Å²) in [6.45, 7) is 1.04. The van der Waals surface area contributed by atoms with Gasteiger partial charge >= 0.3 is 6.61 Å². The molecule has 26 heavy (non-hydrogen) atoms. The van der Waals surface area contributed by atoms with Crippen LogP contribution in [0.5, 0.6) is 5.75 Å². The number of hydrogen-bond acceptors (Lipinski definition) is 3. The van der Waals surface area contributed by atoms with Crippen LogP contribution in [0.3, 0.4) is 0 Å². The largest absolute Gasteiger partial charge is 0.435 e. The number of aryl methyl sites for hydroxylation is 1. The van der Waals surface area contributed by atoms with Gasteiger partial charge in [0.05, 0.1) is 5.69 Å². The molecule has 0 spiro atoms. The van der Waals surface area contributed by atoms with E-state index in [-0.39, 0.29) is 11.7 Å². The summed E-state index contributed by atoms with van der Waals surface area (Å²) in [5.74, 6) is -0.248. The van der Waals surface area contributed by atoms with Crippen molar-refractivity contribution in [1.29, 1.82) is 0 Å². The van der Waals surface area contributed by atoms with Gasteiger partial charge in [0, 0.05) is 11.3 Å². The second-order valence-electron chi connectivity index (χ2n) is 5.77. The summed E-state index contributed by atoms with van der Waals surface area (Å²) in [7, 11) is 0. The van der Waals surface area contributed by atoms with Crippen LogP contribution in [-0.4, -0.2) is 22.7 Å². The second-order valence-corrected chi connectivity index (χ2v) is 5.77. The number of hydrogen-bond donors (Lipinski definition) is 2. The summed E-state index contributed by atoms with van der Waals surface area (Å²) < 4.78 is 28.7. The minimum absolute atomic E-state index is 0.0622. The van der Waals surface area contributed by atoms with Crippen molar-refractivity contribution in [3.8, 4) is 17.0 Å². The summed E-state index contributed by atoms with van der Waals surface area (Å²) in [6, 6.07) is 13.3. The molecule has 0 bridgehead atoms. The Balaban J connectivity index is 1.74. The molecule has 0 aliphatic heterocycles. The Kier molecular flexibility index (Phi) is 4.97. The lowest BCUT2D eigenvalue weighted by Gasteiger charge is -2.09. The van der Waals surface area contributed by atoms with Gasteiger partial charge in [0.15, 0.2) is 0 Å². The number of carbonyl (C=O) groups excluding carboxylic acids is 1. The maximum absolute atomic E-state index is 12.4. The quantitative estimate of drug-likeness (QED) is 0.704. The Bertz CT molecular complexity index is 921. The van der Waals surface area contributed by atoms with Crippen molar-refractivity contribution < 1.29 is 18.3 Å². The fourth-order valence-corrected chi connectivity index (χ4v) is 2.47. The van der Waals surface area contributed by atoms with Gasteiger partial charge in [-0.3, -0.25) is 9.89 Å². The highest BCUT2D eigenvalue weighted by Gasteiger charge is 2.13. The maximum Gasteiger partial charge on any atom is 0.387 e. The first-order chi connectivity index (χ1) is 12.4. The molecular weight excluding hydrogens is 340 g/mol. The predicted octanol–water partition coefficient (Wildman–Crippen LogP) is 4.55. The number of halogens is 2. The van der Waals surface area contributed by atoms with E-state index in [0.717, 1.165) is 16.8 Å². The summed E-state index contributed by atoms with van der Waals surface area (Å²) >= 11 is 0. The number of anilines is 1. The van der Waals surface area contributed by atoms with E-state index in [0.29, 0.717) is 17.0 Å². The fourth-order valence-electron chi connectivity index (χ4n) is 2.47. The minimum atomic E-state index is -2.87. The number of aromatic amines is 1. The number of nitrogens with one attached hydrogen (secondary N) is 2. The SMILES string of the molecule is Cc1cccc(NC(=O)c2cc(-c3ccc(OC(F)F)cc3)n[nH]2)c1C. The van der Waals surface area contributed by atoms with E-state index in [1.54, 1.807) is 18.2 Å². The van der Waals surface area contributed by atoms with E-state index in [1.165, 1.54) is 12.1 Å². The Morgan fingerprint density at radius 1 is 1.15 bits per heavy atom. The van der Waals surface area contributed by atoms with E-state index >= 15 is 0 Å². The molecule has 0 atom stereocenters. The molecule has 134 valence electrons. The van der Waals surface area contributed by atoms with Crippen LogP contribution in [0, 0.1) is 13.8 Å². The third-order valence-corrected chi connectivity index (χ3v) is 4.05. The summed E-state index contributed by atoms with van der Waals surface area (Å²) in [6.07, 6.45) is 0. The third-order valence-electron chi connectivity index (χ3n) is 4.05. The van der Waals surface area contributed by atoms with Gasteiger partial charge in [-0.05, 0) is 61.4 Å². The zero-order chi connectivity index (χ0) is 18.7. The Labute approximate surface area is 149 Å². The first-order valence-electron chi connectivity index (χ1n) is 7.92. The monoisotopic (exact) mass is 357 g/mol. The van der Waals surface area contributed by atoms with Gasteiger partial charge in [-0.15, -0.1) is 0 Å². The minimum Gasteiger partial charge on any atom is -0.435 e. The Morgan fingerprint density at radius 3 is 2.58 bits per heavy atom. The van der Waals surface area contributed by atoms with Gasteiger partial charge in [-0.2, -0.15) is 13.9 Å². The molecule has 0 saturated heterocycles. The summed E-state index contributed by atoms with van der Waals surface area (Å²) in [5.41, 5.74) is 4.32. The van der Waals surface area contributed by atoms with E-state index in [1.807, 2.05) is 32.0 Å².